The molecule has 6 nitrogen and oxygen atoms in total. The summed E-state index contributed by atoms with van der Waals surface area (Å²) in [5.74, 6) is -0.658. The topological polar surface area (TPSA) is 84.0 Å². The standard InChI is InChI=1S/C29H24N4O2S/c1-19-8-7-13-24(16-19)28-32-33-29(36-28)31-27(35)25(17-20-9-3-2-4-10-20)30-26(34)23-15-14-21-11-5-6-12-22(21)18-23/h2-16,18,25H,17H2,1H3,(H,30,34)(H,31,33,35). The van der Waals surface area contributed by atoms with Crippen molar-refractivity contribution >= 4 is 39.1 Å². The van der Waals surface area contributed by atoms with Gasteiger partial charge in [-0.2, -0.15) is 0 Å². The van der Waals surface area contributed by atoms with Crippen molar-refractivity contribution in [1.29, 1.82) is 0 Å². The van der Waals surface area contributed by atoms with E-state index in [1.54, 1.807) is 6.07 Å². The molecule has 1 atom stereocenters. The molecule has 0 saturated heterocycles. The number of rotatable bonds is 7. The lowest BCUT2D eigenvalue weighted by molar-refractivity contribution is -0.118. The van der Waals surface area contributed by atoms with E-state index in [0.717, 1.165) is 27.5 Å². The molecule has 0 aliphatic rings. The van der Waals surface area contributed by atoms with Gasteiger partial charge in [0.1, 0.15) is 11.0 Å². The fraction of sp³-hybridized carbons (Fsp3) is 0.103. The highest BCUT2D eigenvalue weighted by Crippen LogP contribution is 2.27. The molecule has 5 rings (SSSR count). The van der Waals surface area contributed by atoms with E-state index in [1.807, 2.05) is 97.9 Å². The molecule has 1 aromatic heterocycles. The van der Waals surface area contributed by atoms with E-state index in [2.05, 4.69) is 20.8 Å². The maximum atomic E-state index is 13.3. The molecule has 5 aromatic rings. The van der Waals surface area contributed by atoms with E-state index < -0.39 is 6.04 Å². The molecule has 2 amide bonds. The first-order chi connectivity index (χ1) is 17.5. The van der Waals surface area contributed by atoms with Gasteiger partial charge in [-0.25, -0.2) is 0 Å². The fourth-order valence-electron chi connectivity index (χ4n) is 3.99. The number of benzene rings is 4. The summed E-state index contributed by atoms with van der Waals surface area (Å²) in [6.45, 7) is 2.01. The Labute approximate surface area is 213 Å². The van der Waals surface area contributed by atoms with E-state index >= 15 is 0 Å². The van der Waals surface area contributed by atoms with Crippen molar-refractivity contribution in [2.24, 2.45) is 0 Å². The molecular weight excluding hydrogens is 468 g/mol. The third-order valence-corrected chi connectivity index (χ3v) is 6.72. The van der Waals surface area contributed by atoms with Gasteiger partial charge in [0.15, 0.2) is 0 Å². The molecule has 0 bridgehead atoms. The zero-order valence-electron chi connectivity index (χ0n) is 19.6. The van der Waals surface area contributed by atoms with Gasteiger partial charge in [-0.3, -0.25) is 14.9 Å². The summed E-state index contributed by atoms with van der Waals surface area (Å²) in [6, 6.07) is 30.1. The Morgan fingerprint density at radius 3 is 2.42 bits per heavy atom. The second-order valence-corrected chi connectivity index (χ2v) is 9.53. The molecule has 0 aliphatic heterocycles. The van der Waals surface area contributed by atoms with Gasteiger partial charge < -0.3 is 5.32 Å². The Kier molecular flexibility index (Phi) is 6.82. The molecule has 36 heavy (non-hydrogen) atoms. The van der Waals surface area contributed by atoms with Crippen molar-refractivity contribution in [1.82, 2.24) is 15.5 Å². The predicted molar refractivity (Wildman–Crippen MR) is 144 cm³/mol. The van der Waals surface area contributed by atoms with Crippen LogP contribution in [0, 0.1) is 6.92 Å². The number of amides is 2. The van der Waals surface area contributed by atoms with Crippen LogP contribution in [0.5, 0.6) is 0 Å². The van der Waals surface area contributed by atoms with Crippen LogP contribution in [0.4, 0.5) is 5.13 Å². The number of carbonyl (C=O) groups excluding carboxylic acids is 2. The number of carbonyl (C=O) groups is 2. The number of fused-ring (bicyclic) bond motifs is 1. The maximum absolute atomic E-state index is 13.3. The molecule has 0 aliphatic carbocycles. The molecule has 2 N–H and O–H groups in total. The minimum Gasteiger partial charge on any atom is -0.340 e. The molecule has 178 valence electrons. The van der Waals surface area contributed by atoms with Crippen molar-refractivity contribution in [3.8, 4) is 10.6 Å². The molecule has 1 unspecified atom stereocenters. The van der Waals surface area contributed by atoms with Crippen LogP contribution < -0.4 is 10.6 Å². The quantitative estimate of drug-likeness (QED) is 0.308. The minimum absolute atomic E-state index is 0.311. The third kappa shape index (κ3) is 5.47. The molecule has 7 heteroatoms. The first kappa shape index (κ1) is 23.4. The number of anilines is 1. The molecule has 0 radical (unpaired) electrons. The molecule has 4 aromatic carbocycles. The van der Waals surface area contributed by atoms with E-state index in [-0.39, 0.29) is 11.8 Å². The van der Waals surface area contributed by atoms with Crippen LogP contribution in [-0.2, 0) is 11.2 Å². The minimum atomic E-state index is -0.794. The average molecular weight is 493 g/mol. The Morgan fingerprint density at radius 2 is 1.61 bits per heavy atom. The summed E-state index contributed by atoms with van der Waals surface area (Å²) in [5, 5.41) is 17.3. The zero-order valence-corrected chi connectivity index (χ0v) is 20.5. The van der Waals surface area contributed by atoms with Crippen molar-refractivity contribution < 1.29 is 9.59 Å². The largest absolute Gasteiger partial charge is 0.340 e. The van der Waals surface area contributed by atoms with E-state index in [4.69, 9.17) is 0 Å². The van der Waals surface area contributed by atoms with Gasteiger partial charge in [-0.15, -0.1) is 10.2 Å². The lowest BCUT2D eigenvalue weighted by Crippen LogP contribution is -2.45. The van der Waals surface area contributed by atoms with Crippen molar-refractivity contribution in [2.75, 3.05) is 5.32 Å². The molecule has 1 heterocycles. The van der Waals surface area contributed by atoms with Gasteiger partial charge >= 0.3 is 0 Å². The van der Waals surface area contributed by atoms with Gasteiger partial charge in [0.05, 0.1) is 0 Å². The number of nitrogens with zero attached hydrogens (tertiary/aromatic N) is 2. The molecule has 0 fully saturated rings. The lowest BCUT2D eigenvalue weighted by atomic mass is 10.0. The SMILES string of the molecule is Cc1cccc(-c2nnc(NC(=O)C(Cc3ccccc3)NC(=O)c3ccc4ccccc4c3)s2)c1. The van der Waals surface area contributed by atoms with Crippen LogP contribution in [-0.4, -0.2) is 28.1 Å². The highest BCUT2D eigenvalue weighted by molar-refractivity contribution is 7.18. The number of aromatic nitrogens is 2. The highest BCUT2D eigenvalue weighted by Gasteiger charge is 2.23. The van der Waals surface area contributed by atoms with Crippen LogP contribution in [0.2, 0.25) is 0 Å². The van der Waals surface area contributed by atoms with E-state index in [1.165, 1.54) is 11.3 Å². The summed E-state index contributed by atoms with van der Waals surface area (Å²) in [6.07, 6.45) is 0.343. The zero-order chi connectivity index (χ0) is 24.9. The van der Waals surface area contributed by atoms with Gasteiger partial charge in [0.25, 0.3) is 5.91 Å². The molecular formula is C29H24N4O2S. The molecule has 0 spiro atoms. The lowest BCUT2D eigenvalue weighted by Gasteiger charge is -2.18. The summed E-state index contributed by atoms with van der Waals surface area (Å²) < 4.78 is 0. The van der Waals surface area contributed by atoms with E-state index in [9.17, 15) is 9.59 Å². The van der Waals surface area contributed by atoms with Crippen molar-refractivity contribution in [2.45, 2.75) is 19.4 Å². The van der Waals surface area contributed by atoms with Crippen LogP contribution in [0.3, 0.4) is 0 Å². The number of nitrogens with one attached hydrogen (secondary N) is 2. The maximum Gasteiger partial charge on any atom is 0.251 e. The summed E-state index contributed by atoms with van der Waals surface area (Å²) in [7, 11) is 0. The number of hydrogen-bond acceptors (Lipinski definition) is 5. The van der Waals surface area contributed by atoms with Crippen LogP contribution in [0.25, 0.3) is 21.3 Å². The van der Waals surface area contributed by atoms with Crippen LogP contribution in [0.1, 0.15) is 21.5 Å². The monoisotopic (exact) mass is 492 g/mol. The average Bonchev–Trinajstić information content (AvgIpc) is 3.37. The summed E-state index contributed by atoms with van der Waals surface area (Å²) in [5.41, 5.74) is 3.50. The second-order valence-electron chi connectivity index (χ2n) is 8.55. The van der Waals surface area contributed by atoms with Crippen LogP contribution >= 0.6 is 11.3 Å². The smallest absolute Gasteiger partial charge is 0.251 e. The Bertz CT molecular complexity index is 1530. The fourth-order valence-corrected chi connectivity index (χ4v) is 4.74. The van der Waals surface area contributed by atoms with Gasteiger partial charge in [-0.1, -0.05) is 95.8 Å². The van der Waals surface area contributed by atoms with Gasteiger partial charge in [0, 0.05) is 17.5 Å². The summed E-state index contributed by atoms with van der Waals surface area (Å²) >= 11 is 1.30. The van der Waals surface area contributed by atoms with Gasteiger partial charge in [0.2, 0.25) is 11.0 Å². The first-order valence-electron chi connectivity index (χ1n) is 11.6. The molecule has 0 saturated carbocycles. The predicted octanol–water partition coefficient (Wildman–Crippen LogP) is 5.65. The first-order valence-corrected chi connectivity index (χ1v) is 12.4. The Hall–Kier alpha value is -4.36. The van der Waals surface area contributed by atoms with Crippen molar-refractivity contribution in [3.63, 3.8) is 0 Å². The van der Waals surface area contributed by atoms with Gasteiger partial charge in [-0.05, 0) is 41.5 Å². The third-order valence-electron chi connectivity index (χ3n) is 5.84. The Morgan fingerprint density at radius 1 is 0.833 bits per heavy atom. The normalized spacial score (nSPS) is 11.7. The summed E-state index contributed by atoms with van der Waals surface area (Å²) in [4.78, 5) is 26.5. The van der Waals surface area contributed by atoms with Crippen molar-refractivity contribution in [3.05, 3.63) is 114 Å². The number of aryl methyl sites for hydroxylation is 1. The Balaban J connectivity index is 1.36. The van der Waals surface area contributed by atoms with Crippen LogP contribution in [0.15, 0.2) is 97.1 Å². The second kappa shape index (κ2) is 10.5. The number of hydrogen-bond donors (Lipinski definition) is 2. The van der Waals surface area contributed by atoms with E-state index in [0.29, 0.717) is 22.1 Å². The highest BCUT2D eigenvalue weighted by atomic mass is 32.1.